The normalized spacial score (nSPS) is 12.9. The van der Waals surface area contributed by atoms with Gasteiger partial charge < -0.3 is 0 Å². The van der Waals surface area contributed by atoms with Gasteiger partial charge in [-0.3, -0.25) is 0 Å². The molecule has 0 aliphatic heterocycles. The van der Waals surface area contributed by atoms with Crippen molar-refractivity contribution < 1.29 is 52.7 Å². The van der Waals surface area contributed by atoms with Gasteiger partial charge in [-0.1, -0.05) is 24.3 Å². The molecule has 0 spiro atoms. The highest BCUT2D eigenvalue weighted by Gasteiger charge is 2.46. The first-order valence-corrected chi connectivity index (χ1v) is 17.1. The number of alkyl halides is 12. The summed E-state index contributed by atoms with van der Waals surface area (Å²) in [7, 11) is 0. The molecule has 12 nitrogen and oxygen atoms in total. The molecule has 0 aliphatic rings. The molecule has 0 fully saturated rings. The van der Waals surface area contributed by atoms with Crippen LogP contribution in [-0.4, -0.2) is 59.1 Å². The number of aromatic nitrogens is 12. The molecule has 8 aromatic heterocycles. The van der Waals surface area contributed by atoms with E-state index >= 15 is 0 Å². The fourth-order valence-electron chi connectivity index (χ4n) is 6.24. The van der Waals surface area contributed by atoms with Gasteiger partial charge in [0.15, 0.2) is 46.0 Å². The lowest BCUT2D eigenvalue weighted by molar-refractivity contribution is -0.142. The highest BCUT2D eigenvalue weighted by atomic mass is 19.4. The van der Waals surface area contributed by atoms with Crippen LogP contribution in [0, 0.1) is 0 Å². The number of rotatable bonds is 8. The lowest BCUT2D eigenvalue weighted by Crippen LogP contribution is -2.36. The van der Waals surface area contributed by atoms with Gasteiger partial charge >= 0.3 is 24.7 Å². The second-order valence-electron chi connectivity index (χ2n) is 12.8. The zero-order chi connectivity index (χ0) is 43.5. The minimum atomic E-state index is -4.86. The maximum absolute atomic E-state index is 13.7. The Morgan fingerprint density at radius 2 is 0.492 bits per heavy atom. The maximum atomic E-state index is 13.7. The third-order valence-electron chi connectivity index (χ3n) is 8.93. The molecule has 0 radical (unpaired) electrons. The number of halogens is 12. The van der Waals surface area contributed by atoms with Gasteiger partial charge in [0.25, 0.3) is 0 Å². The van der Waals surface area contributed by atoms with Gasteiger partial charge in [-0.25, -0.2) is 38.7 Å². The van der Waals surface area contributed by atoms with E-state index in [-0.39, 0.29) is 46.0 Å². The van der Waals surface area contributed by atoms with Crippen LogP contribution in [0.25, 0.3) is 23.3 Å². The lowest BCUT2D eigenvalue weighted by atomic mass is 9.73. The topological polar surface area (TPSA) is 123 Å². The Morgan fingerprint density at radius 1 is 0.279 bits per heavy atom. The van der Waals surface area contributed by atoms with E-state index in [1.54, 1.807) is 0 Å². The molecule has 8 aromatic rings. The average Bonchev–Trinajstić information content (AvgIpc) is 4.05. The van der Waals surface area contributed by atoms with Crippen LogP contribution < -0.4 is 0 Å². The number of nitrogens with zero attached hydrogens (tertiary/aromatic N) is 12. The summed E-state index contributed by atoms with van der Waals surface area (Å²) in [5, 5.41) is 14.4. The van der Waals surface area contributed by atoms with Crippen LogP contribution in [0.15, 0.2) is 122 Å². The van der Waals surface area contributed by atoms with Gasteiger partial charge in [0, 0.05) is 24.8 Å². The Kier molecular flexibility index (Phi) is 9.54. The quantitative estimate of drug-likeness (QED) is 0.140. The molecule has 312 valence electrons. The average molecular weight is 861 g/mol. The van der Waals surface area contributed by atoms with Crippen LogP contribution in [0.3, 0.4) is 0 Å². The highest BCUT2D eigenvalue weighted by molar-refractivity contribution is 5.55. The Balaban J connectivity index is 1.44. The Hall–Kier alpha value is -7.40. The number of hydrogen-bond donors (Lipinski definition) is 0. The molecule has 0 unspecified atom stereocenters. The van der Waals surface area contributed by atoms with Crippen LogP contribution in [0.1, 0.15) is 45.6 Å². The Morgan fingerprint density at radius 3 is 0.672 bits per heavy atom. The molecule has 8 heterocycles. The summed E-state index contributed by atoms with van der Waals surface area (Å²) in [5.74, 6) is -0.920. The first-order valence-electron chi connectivity index (χ1n) is 17.1. The van der Waals surface area contributed by atoms with Crippen LogP contribution in [0.2, 0.25) is 0 Å². The van der Waals surface area contributed by atoms with Crippen molar-refractivity contribution in [1.29, 1.82) is 0 Å². The van der Waals surface area contributed by atoms with E-state index in [0.717, 1.165) is 43.5 Å². The maximum Gasteiger partial charge on any atom is 0.435 e. The van der Waals surface area contributed by atoms with Crippen molar-refractivity contribution in [1.82, 2.24) is 59.1 Å². The monoisotopic (exact) mass is 860 g/mol. The Labute approximate surface area is 332 Å². The molecular formula is C37H20F12N12. The molecule has 24 heteroatoms. The lowest BCUT2D eigenvalue weighted by Gasteiger charge is -2.33. The summed E-state index contributed by atoms with van der Waals surface area (Å²) >= 11 is 0. The predicted octanol–water partition coefficient (Wildman–Crippen LogP) is 8.47. The SMILES string of the molecule is FC(F)(F)c1ccn(-c2cccc(C(c3cccc(-n4ccc(C(F)(F)F)n4)n3)(c3cccc(-n4ccc(C(F)(F)F)n4)n3)c3cccc(-n4ccc(C(F)(F)F)n4)n3)n2)n1. The van der Waals surface area contributed by atoms with Crippen LogP contribution >= 0.6 is 0 Å². The van der Waals surface area contributed by atoms with Gasteiger partial charge in [-0.2, -0.15) is 73.1 Å². The molecule has 0 aliphatic carbocycles. The third-order valence-corrected chi connectivity index (χ3v) is 8.93. The van der Waals surface area contributed by atoms with Gasteiger partial charge in [0.1, 0.15) is 5.41 Å². The van der Waals surface area contributed by atoms with Crippen LogP contribution in [-0.2, 0) is 30.1 Å². The van der Waals surface area contributed by atoms with Crippen molar-refractivity contribution in [2.45, 2.75) is 30.1 Å². The molecule has 0 saturated carbocycles. The standard InChI is InChI=1S/C37H20F12N12/c38-34(39,40)25-13-17-58(54-25)29-9-1-5-21(50-29)33(22-6-2-10-30(51-22)59-18-14-26(55-59)35(41,42)43,23-7-3-11-31(52-23)60-19-15-27(56-60)36(44,45)46)24-8-4-12-32(53-24)61-20-16-28(57-61)37(47,48)49/h1-20H. The van der Waals surface area contributed by atoms with Gasteiger partial charge in [-0.15, -0.1) is 0 Å². The summed E-state index contributed by atoms with van der Waals surface area (Å²) in [4.78, 5) is 18.6. The first-order chi connectivity index (χ1) is 28.7. The zero-order valence-electron chi connectivity index (χ0n) is 29.9. The molecular weight excluding hydrogens is 840 g/mol. The van der Waals surface area contributed by atoms with Crippen molar-refractivity contribution >= 4 is 0 Å². The first kappa shape index (κ1) is 40.4. The summed E-state index contributed by atoms with van der Waals surface area (Å²) in [5.41, 5.74) is -7.98. The molecule has 0 bridgehead atoms. The van der Waals surface area contributed by atoms with Gasteiger partial charge in [0.2, 0.25) is 0 Å². The molecule has 0 saturated heterocycles. The minimum Gasteiger partial charge on any atom is -0.232 e. The fraction of sp³-hybridized carbons (Fsp3) is 0.135. The van der Waals surface area contributed by atoms with Crippen molar-refractivity contribution in [3.8, 4) is 23.3 Å². The second-order valence-corrected chi connectivity index (χ2v) is 12.8. The largest absolute Gasteiger partial charge is 0.435 e. The molecule has 0 atom stereocenters. The van der Waals surface area contributed by atoms with E-state index in [0.29, 0.717) is 24.3 Å². The molecule has 0 N–H and O–H groups in total. The van der Waals surface area contributed by atoms with E-state index in [4.69, 9.17) is 0 Å². The number of hydrogen-bond acceptors (Lipinski definition) is 8. The van der Waals surface area contributed by atoms with Gasteiger partial charge in [0.05, 0.1) is 22.8 Å². The second kappa shape index (κ2) is 14.4. The fourth-order valence-corrected chi connectivity index (χ4v) is 6.24. The van der Waals surface area contributed by atoms with Crippen LogP contribution in [0.5, 0.6) is 0 Å². The molecule has 0 amide bonds. The van der Waals surface area contributed by atoms with E-state index in [1.807, 2.05) is 0 Å². The van der Waals surface area contributed by atoms with Crippen molar-refractivity contribution in [3.05, 3.63) is 167 Å². The van der Waals surface area contributed by atoms with E-state index in [9.17, 15) is 52.7 Å². The summed E-state index contributed by atoms with van der Waals surface area (Å²) in [6, 6.07) is 18.7. The molecule has 8 rings (SSSR count). The summed E-state index contributed by atoms with van der Waals surface area (Å²) in [6.07, 6.45) is -15.6. The smallest absolute Gasteiger partial charge is 0.232 e. The highest BCUT2D eigenvalue weighted by Crippen LogP contribution is 2.43. The molecule has 0 aromatic carbocycles. The predicted molar refractivity (Wildman–Crippen MR) is 184 cm³/mol. The van der Waals surface area contributed by atoms with E-state index in [1.165, 1.54) is 72.8 Å². The number of pyridine rings is 4. The van der Waals surface area contributed by atoms with E-state index in [2.05, 4.69) is 40.3 Å². The van der Waals surface area contributed by atoms with Crippen molar-refractivity contribution in [2.24, 2.45) is 0 Å². The summed E-state index contributed by atoms with van der Waals surface area (Å²) < 4.78 is 167. The van der Waals surface area contributed by atoms with E-state index < -0.39 is 52.9 Å². The minimum absolute atomic E-state index is 0.169. The summed E-state index contributed by atoms with van der Waals surface area (Å²) in [6.45, 7) is 0. The van der Waals surface area contributed by atoms with Crippen molar-refractivity contribution in [3.63, 3.8) is 0 Å². The van der Waals surface area contributed by atoms with Gasteiger partial charge in [-0.05, 0) is 72.8 Å². The Bertz CT molecular complexity index is 2470. The molecule has 61 heavy (non-hydrogen) atoms. The van der Waals surface area contributed by atoms with Crippen LogP contribution in [0.4, 0.5) is 52.7 Å². The zero-order valence-corrected chi connectivity index (χ0v) is 29.9. The third kappa shape index (κ3) is 7.66. The van der Waals surface area contributed by atoms with Crippen molar-refractivity contribution in [2.75, 3.05) is 0 Å².